The van der Waals surface area contributed by atoms with Gasteiger partial charge in [0, 0.05) is 33.2 Å². The molecular formula is C15H26N2O4. The fourth-order valence-electron chi connectivity index (χ4n) is 2.27. The van der Waals surface area contributed by atoms with E-state index in [1.54, 1.807) is 12.0 Å². The van der Waals surface area contributed by atoms with Crippen molar-refractivity contribution in [3.05, 3.63) is 11.6 Å². The van der Waals surface area contributed by atoms with E-state index in [4.69, 9.17) is 9.84 Å². The van der Waals surface area contributed by atoms with Crippen molar-refractivity contribution in [2.24, 2.45) is 0 Å². The molecule has 1 rings (SSSR count). The molecule has 2 amide bonds. The molecule has 0 aliphatic carbocycles. The highest BCUT2D eigenvalue weighted by Crippen LogP contribution is 2.11. The van der Waals surface area contributed by atoms with Gasteiger partial charge < -0.3 is 20.1 Å². The number of urea groups is 1. The number of hydrogen-bond donors (Lipinski definition) is 2. The molecule has 0 unspecified atom stereocenters. The fourth-order valence-corrected chi connectivity index (χ4v) is 2.27. The molecule has 1 aliphatic heterocycles. The number of rotatable bonds is 9. The van der Waals surface area contributed by atoms with Gasteiger partial charge in [-0.25, -0.2) is 4.79 Å². The van der Waals surface area contributed by atoms with Crippen LogP contribution in [0.4, 0.5) is 4.79 Å². The van der Waals surface area contributed by atoms with Crippen LogP contribution in [0.5, 0.6) is 0 Å². The molecule has 0 atom stereocenters. The Balaban J connectivity index is 2.05. The number of carboxylic acids is 1. The summed E-state index contributed by atoms with van der Waals surface area (Å²) >= 11 is 0. The molecule has 6 heteroatoms. The average Bonchev–Trinajstić information content (AvgIpc) is 2.47. The van der Waals surface area contributed by atoms with Gasteiger partial charge in [-0.15, -0.1) is 0 Å². The summed E-state index contributed by atoms with van der Waals surface area (Å²) < 4.78 is 5.08. The molecule has 120 valence electrons. The Hall–Kier alpha value is -1.56. The molecule has 0 spiro atoms. The summed E-state index contributed by atoms with van der Waals surface area (Å²) in [6.07, 6.45) is 6.61. The van der Waals surface area contributed by atoms with Crippen LogP contribution in [0.3, 0.4) is 0 Å². The van der Waals surface area contributed by atoms with Crippen LogP contribution in [0.25, 0.3) is 0 Å². The first-order valence-electron chi connectivity index (χ1n) is 7.55. The van der Waals surface area contributed by atoms with Crippen LogP contribution in [0.15, 0.2) is 11.6 Å². The summed E-state index contributed by atoms with van der Waals surface area (Å²) in [5.41, 5.74) is 1.25. The number of hydrogen-bond acceptors (Lipinski definition) is 3. The van der Waals surface area contributed by atoms with Gasteiger partial charge in [-0.05, 0) is 24.8 Å². The maximum Gasteiger partial charge on any atom is 0.317 e. The predicted octanol–water partition coefficient (Wildman–Crippen LogP) is 2.01. The molecule has 1 aliphatic rings. The van der Waals surface area contributed by atoms with Crippen molar-refractivity contribution in [3.8, 4) is 0 Å². The smallest absolute Gasteiger partial charge is 0.317 e. The molecule has 0 fully saturated rings. The monoisotopic (exact) mass is 298 g/mol. The highest BCUT2D eigenvalue weighted by molar-refractivity contribution is 5.74. The molecule has 1 heterocycles. The van der Waals surface area contributed by atoms with E-state index in [1.165, 1.54) is 5.57 Å². The summed E-state index contributed by atoms with van der Waals surface area (Å²) in [6.45, 7) is 2.67. The topological polar surface area (TPSA) is 78.9 Å². The van der Waals surface area contributed by atoms with Gasteiger partial charge in [-0.2, -0.15) is 0 Å². The van der Waals surface area contributed by atoms with Gasteiger partial charge in [0.05, 0.1) is 6.61 Å². The van der Waals surface area contributed by atoms with Crippen LogP contribution in [0.1, 0.15) is 38.5 Å². The van der Waals surface area contributed by atoms with Gasteiger partial charge in [-0.3, -0.25) is 4.79 Å². The summed E-state index contributed by atoms with van der Waals surface area (Å²) in [4.78, 5) is 24.1. The molecule has 0 aromatic rings. The number of carbonyl (C=O) groups excluding carboxylic acids is 1. The lowest BCUT2D eigenvalue weighted by molar-refractivity contribution is -0.137. The van der Waals surface area contributed by atoms with Crippen molar-refractivity contribution in [2.75, 3.05) is 33.4 Å². The van der Waals surface area contributed by atoms with E-state index in [0.29, 0.717) is 26.1 Å². The van der Waals surface area contributed by atoms with Crippen molar-refractivity contribution < 1.29 is 19.4 Å². The zero-order chi connectivity index (χ0) is 15.5. The number of unbranched alkanes of at least 4 members (excludes halogenated alkanes) is 3. The van der Waals surface area contributed by atoms with Gasteiger partial charge in [0.25, 0.3) is 0 Å². The molecule has 0 aromatic heterocycles. The maximum atomic E-state index is 11.9. The van der Waals surface area contributed by atoms with Crippen molar-refractivity contribution in [3.63, 3.8) is 0 Å². The average molecular weight is 298 g/mol. The molecule has 0 bridgehead atoms. The molecule has 0 radical (unpaired) electrons. The van der Waals surface area contributed by atoms with E-state index < -0.39 is 5.97 Å². The second-order valence-corrected chi connectivity index (χ2v) is 5.28. The normalized spacial score (nSPS) is 14.7. The van der Waals surface area contributed by atoms with E-state index in [1.807, 2.05) is 0 Å². The van der Waals surface area contributed by atoms with Crippen molar-refractivity contribution >= 4 is 12.0 Å². The zero-order valence-corrected chi connectivity index (χ0v) is 12.8. The number of nitrogens with zero attached hydrogens (tertiary/aromatic N) is 1. The molecule has 21 heavy (non-hydrogen) atoms. The van der Waals surface area contributed by atoms with Gasteiger partial charge in [0.15, 0.2) is 0 Å². The van der Waals surface area contributed by atoms with E-state index in [2.05, 4.69) is 11.4 Å². The van der Waals surface area contributed by atoms with Crippen LogP contribution in [-0.4, -0.2) is 55.4 Å². The lowest BCUT2D eigenvalue weighted by atomic mass is 10.1. The van der Waals surface area contributed by atoms with Crippen molar-refractivity contribution in [1.29, 1.82) is 0 Å². The second kappa shape index (κ2) is 10.2. The van der Waals surface area contributed by atoms with Crippen LogP contribution >= 0.6 is 0 Å². The Morgan fingerprint density at radius 2 is 2.10 bits per heavy atom. The summed E-state index contributed by atoms with van der Waals surface area (Å²) in [6, 6.07) is -0.0201. The van der Waals surface area contributed by atoms with Gasteiger partial charge in [0.2, 0.25) is 0 Å². The lowest BCUT2D eigenvalue weighted by Gasteiger charge is -2.26. The Morgan fingerprint density at radius 1 is 1.33 bits per heavy atom. The second-order valence-electron chi connectivity index (χ2n) is 5.28. The first-order chi connectivity index (χ1) is 10.1. The SMILES string of the molecule is COCC1=CCN(C(=O)NCCCCCCC(=O)O)CC1. The van der Waals surface area contributed by atoms with E-state index in [0.717, 1.165) is 32.2 Å². The molecule has 2 N–H and O–H groups in total. The molecule has 0 saturated carbocycles. The highest BCUT2D eigenvalue weighted by atomic mass is 16.5. The van der Waals surface area contributed by atoms with Gasteiger partial charge in [0.1, 0.15) is 0 Å². The quantitative estimate of drug-likeness (QED) is 0.504. The first-order valence-corrected chi connectivity index (χ1v) is 7.55. The standard InChI is InChI=1S/C15H26N2O4/c1-21-12-13-7-10-17(11-8-13)15(20)16-9-5-3-2-4-6-14(18)19/h7H,2-6,8-12H2,1H3,(H,16,20)(H,18,19). The third kappa shape index (κ3) is 7.70. The van der Waals surface area contributed by atoms with E-state index >= 15 is 0 Å². The molecule has 6 nitrogen and oxygen atoms in total. The number of aliphatic carboxylic acids is 1. The summed E-state index contributed by atoms with van der Waals surface area (Å²) in [5.74, 6) is -0.741. The number of carbonyl (C=O) groups is 2. The number of methoxy groups -OCH3 is 1. The Bertz CT molecular complexity index is 369. The summed E-state index contributed by atoms with van der Waals surface area (Å²) in [7, 11) is 1.68. The molecule has 0 aromatic carbocycles. The highest BCUT2D eigenvalue weighted by Gasteiger charge is 2.16. The Morgan fingerprint density at radius 3 is 2.71 bits per heavy atom. The summed E-state index contributed by atoms with van der Waals surface area (Å²) in [5, 5.41) is 11.4. The number of amides is 2. The fraction of sp³-hybridized carbons (Fsp3) is 0.733. The minimum absolute atomic E-state index is 0.0201. The third-order valence-electron chi connectivity index (χ3n) is 3.51. The van der Waals surface area contributed by atoms with Gasteiger partial charge >= 0.3 is 12.0 Å². The minimum atomic E-state index is -0.741. The predicted molar refractivity (Wildman–Crippen MR) is 80.3 cm³/mol. The maximum absolute atomic E-state index is 11.9. The Labute approximate surface area is 126 Å². The van der Waals surface area contributed by atoms with Crippen LogP contribution in [0.2, 0.25) is 0 Å². The first kappa shape index (κ1) is 17.5. The molecular weight excluding hydrogens is 272 g/mol. The third-order valence-corrected chi connectivity index (χ3v) is 3.51. The number of ether oxygens (including phenoxy) is 1. The largest absolute Gasteiger partial charge is 0.481 e. The number of nitrogens with one attached hydrogen (secondary N) is 1. The van der Waals surface area contributed by atoms with Crippen LogP contribution in [0, 0.1) is 0 Å². The van der Waals surface area contributed by atoms with Crippen molar-refractivity contribution in [2.45, 2.75) is 38.5 Å². The molecule has 0 saturated heterocycles. The van der Waals surface area contributed by atoms with E-state index in [9.17, 15) is 9.59 Å². The van der Waals surface area contributed by atoms with Crippen molar-refractivity contribution in [1.82, 2.24) is 10.2 Å². The lowest BCUT2D eigenvalue weighted by Crippen LogP contribution is -2.42. The number of carboxylic acid groups (broad SMARTS) is 1. The van der Waals surface area contributed by atoms with Crippen LogP contribution in [-0.2, 0) is 9.53 Å². The van der Waals surface area contributed by atoms with Gasteiger partial charge in [-0.1, -0.05) is 18.9 Å². The van der Waals surface area contributed by atoms with Crippen LogP contribution < -0.4 is 5.32 Å². The Kier molecular flexibility index (Phi) is 8.50. The minimum Gasteiger partial charge on any atom is -0.481 e. The zero-order valence-electron chi connectivity index (χ0n) is 12.8. The van der Waals surface area contributed by atoms with E-state index in [-0.39, 0.29) is 12.5 Å².